The number of hydrogen-bond acceptors (Lipinski definition) is 4. The van der Waals surface area contributed by atoms with Crippen LogP contribution in [0.3, 0.4) is 0 Å². The van der Waals surface area contributed by atoms with E-state index in [9.17, 15) is 14.7 Å². The number of benzene rings is 1. The van der Waals surface area contributed by atoms with Crippen molar-refractivity contribution in [2.45, 2.75) is 44.7 Å². The summed E-state index contributed by atoms with van der Waals surface area (Å²) in [7, 11) is 0. The summed E-state index contributed by atoms with van der Waals surface area (Å²) in [5.74, 6) is -1.30. The highest BCUT2D eigenvalue weighted by atomic mass is 16.3. The number of Topliss-reactive ketones (excluding diaryl/α,β-unsaturated/α-hetero) is 1. The SMILES string of the molecule is Cc1ccc(/C(O)=C2/C(=O)C(=O)N(C3CCCC3)C2c2ccccn2)cc1. The number of amides is 1. The van der Waals surface area contributed by atoms with Crippen LogP contribution < -0.4 is 0 Å². The van der Waals surface area contributed by atoms with Crippen molar-refractivity contribution in [3.05, 3.63) is 71.1 Å². The fraction of sp³-hybridized carbons (Fsp3) is 0.318. The molecule has 5 heteroatoms. The van der Waals surface area contributed by atoms with Gasteiger partial charge in [-0.05, 0) is 31.9 Å². The van der Waals surface area contributed by atoms with Crippen molar-refractivity contribution in [1.82, 2.24) is 9.88 Å². The first-order valence-corrected chi connectivity index (χ1v) is 9.36. The topological polar surface area (TPSA) is 70.5 Å². The van der Waals surface area contributed by atoms with Gasteiger partial charge in [0.25, 0.3) is 11.7 Å². The van der Waals surface area contributed by atoms with Crippen LogP contribution in [0, 0.1) is 6.92 Å². The Labute approximate surface area is 158 Å². The van der Waals surface area contributed by atoms with Crippen LogP contribution in [-0.2, 0) is 9.59 Å². The van der Waals surface area contributed by atoms with E-state index in [2.05, 4.69) is 4.98 Å². The molecule has 0 spiro atoms. The fourth-order valence-electron chi connectivity index (χ4n) is 4.10. The normalized spacial score (nSPS) is 22.6. The summed E-state index contributed by atoms with van der Waals surface area (Å²) < 4.78 is 0. The van der Waals surface area contributed by atoms with Gasteiger partial charge < -0.3 is 10.0 Å². The molecule has 2 fully saturated rings. The molecule has 1 N–H and O–H groups in total. The third kappa shape index (κ3) is 3.03. The molecule has 1 unspecified atom stereocenters. The van der Waals surface area contributed by atoms with Gasteiger partial charge in [0, 0.05) is 17.8 Å². The van der Waals surface area contributed by atoms with Crippen LogP contribution in [0.15, 0.2) is 54.2 Å². The lowest BCUT2D eigenvalue weighted by molar-refractivity contribution is -0.141. The minimum absolute atomic E-state index is 0.0109. The molecule has 1 amide bonds. The quantitative estimate of drug-likeness (QED) is 0.513. The Morgan fingerprint density at radius 2 is 1.78 bits per heavy atom. The number of carbonyl (C=O) groups excluding carboxylic acids is 2. The summed E-state index contributed by atoms with van der Waals surface area (Å²) in [5.41, 5.74) is 2.33. The van der Waals surface area contributed by atoms with E-state index in [1.165, 1.54) is 0 Å². The molecule has 1 aliphatic carbocycles. The van der Waals surface area contributed by atoms with Crippen molar-refractivity contribution in [3.63, 3.8) is 0 Å². The molecule has 2 aromatic rings. The van der Waals surface area contributed by atoms with Crippen LogP contribution in [0.5, 0.6) is 0 Å². The Kier molecular flexibility index (Phi) is 4.52. The zero-order valence-electron chi connectivity index (χ0n) is 15.3. The predicted octanol–water partition coefficient (Wildman–Crippen LogP) is 3.75. The molecule has 0 bridgehead atoms. The number of nitrogens with zero attached hydrogens (tertiary/aromatic N) is 2. The molecule has 27 heavy (non-hydrogen) atoms. The van der Waals surface area contributed by atoms with Gasteiger partial charge in [-0.3, -0.25) is 14.6 Å². The number of likely N-dealkylation sites (tertiary alicyclic amines) is 1. The molecular weight excluding hydrogens is 340 g/mol. The van der Waals surface area contributed by atoms with Gasteiger partial charge in [-0.25, -0.2) is 0 Å². The standard InChI is InChI=1S/C22H22N2O3/c1-14-9-11-15(12-10-14)20(25)18-19(17-8-4-5-13-23-17)24(22(27)21(18)26)16-6-2-3-7-16/h4-5,8-13,16,19,25H,2-3,6-7H2,1H3/b20-18-. The Balaban J connectivity index is 1.87. The van der Waals surface area contributed by atoms with Gasteiger partial charge in [0.05, 0.1) is 11.3 Å². The second-order valence-electron chi connectivity index (χ2n) is 7.27. The lowest BCUT2D eigenvalue weighted by Crippen LogP contribution is -2.37. The summed E-state index contributed by atoms with van der Waals surface area (Å²) in [5, 5.41) is 10.9. The first-order chi connectivity index (χ1) is 13.1. The first-order valence-electron chi connectivity index (χ1n) is 9.36. The van der Waals surface area contributed by atoms with Gasteiger partial charge in [0.1, 0.15) is 11.8 Å². The predicted molar refractivity (Wildman–Crippen MR) is 102 cm³/mol. The molecular formula is C22H22N2O3. The molecule has 2 heterocycles. The van der Waals surface area contributed by atoms with Gasteiger partial charge >= 0.3 is 0 Å². The molecule has 1 aromatic heterocycles. The Bertz CT molecular complexity index is 897. The van der Waals surface area contributed by atoms with E-state index in [4.69, 9.17) is 0 Å². The summed E-state index contributed by atoms with van der Waals surface area (Å²) in [4.78, 5) is 31.8. The molecule has 1 atom stereocenters. The molecule has 5 nitrogen and oxygen atoms in total. The van der Waals surface area contributed by atoms with Crippen molar-refractivity contribution < 1.29 is 14.7 Å². The molecule has 1 aliphatic heterocycles. The van der Waals surface area contributed by atoms with Crippen LogP contribution in [-0.4, -0.2) is 32.7 Å². The van der Waals surface area contributed by atoms with E-state index in [-0.39, 0.29) is 17.4 Å². The van der Waals surface area contributed by atoms with Crippen LogP contribution in [0.25, 0.3) is 5.76 Å². The minimum atomic E-state index is -0.643. The minimum Gasteiger partial charge on any atom is -0.507 e. The lowest BCUT2D eigenvalue weighted by Gasteiger charge is -2.30. The number of aliphatic hydroxyl groups is 1. The molecule has 4 rings (SSSR count). The highest BCUT2D eigenvalue weighted by Gasteiger charge is 2.49. The summed E-state index contributed by atoms with van der Waals surface area (Å²) in [6, 6.07) is 12.1. The fourth-order valence-corrected chi connectivity index (χ4v) is 4.10. The largest absolute Gasteiger partial charge is 0.507 e. The van der Waals surface area contributed by atoms with E-state index < -0.39 is 17.7 Å². The number of aliphatic hydroxyl groups excluding tert-OH is 1. The van der Waals surface area contributed by atoms with E-state index in [0.717, 1.165) is 31.2 Å². The van der Waals surface area contributed by atoms with Crippen LogP contribution >= 0.6 is 0 Å². The van der Waals surface area contributed by atoms with Crippen molar-refractivity contribution in [2.75, 3.05) is 0 Å². The smallest absolute Gasteiger partial charge is 0.295 e. The monoisotopic (exact) mass is 362 g/mol. The van der Waals surface area contributed by atoms with Gasteiger partial charge in [-0.1, -0.05) is 48.7 Å². The molecule has 138 valence electrons. The van der Waals surface area contributed by atoms with E-state index in [1.807, 2.05) is 25.1 Å². The second kappa shape index (κ2) is 6.99. The number of aryl methyl sites for hydroxylation is 1. The van der Waals surface area contributed by atoms with Gasteiger partial charge in [0.2, 0.25) is 0 Å². The molecule has 1 saturated carbocycles. The number of carbonyl (C=O) groups is 2. The van der Waals surface area contributed by atoms with Gasteiger partial charge in [0.15, 0.2) is 0 Å². The number of hydrogen-bond donors (Lipinski definition) is 1. The van der Waals surface area contributed by atoms with Crippen molar-refractivity contribution in [1.29, 1.82) is 0 Å². The summed E-state index contributed by atoms with van der Waals surface area (Å²) in [6.07, 6.45) is 5.49. The highest BCUT2D eigenvalue weighted by Crippen LogP contribution is 2.42. The molecule has 1 saturated heterocycles. The highest BCUT2D eigenvalue weighted by molar-refractivity contribution is 6.46. The second-order valence-corrected chi connectivity index (χ2v) is 7.27. The Morgan fingerprint density at radius 3 is 2.41 bits per heavy atom. The van der Waals surface area contributed by atoms with Crippen LogP contribution in [0.1, 0.15) is 48.5 Å². The van der Waals surface area contributed by atoms with Crippen molar-refractivity contribution >= 4 is 17.4 Å². The third-order valence-corrected chi connectivity index (χ3v) is 5.49. The van der Waals surface area contributed by atoms with E-state index in [1.54, 1.807) is 35.4 Å². The lowest BCUT2D eigenvalue weighted by atomic mass is 9.97. The summed E-state index contributed by atoms with van der Waals surface area (Å²) >= 11 is 0. The zero-order valence-corrected chi connectivity index (χ0v) is 15.3. The van der Waals surface area contributed by atoms with Crippen LogP contribution in [0.4, 0.5) is 0 Å². The number of aromatic nitrogens is 1. The zero-order chi connectivity index (χ0) is 19.0. The summed E-state index contributed by atoms with van der Waals surface area (Å²) in [6.45, 7) is 1.96. The average Bonchev–Trinajstić information content (AvgIpc) is 3.30. The van der Waals surface area contributed by atoms with Crippen molar-refractivity contribution in [3.8, 4) is 0 Å². The molecule has 1 aromatic carbocycles. The maximum absolute atomic E-state index is 12.9. The van der Waals surface area contributed by atoms with Gasteiger partial charge in [-0.15, -0.1) is 0 Å². The van der Waals surface area contributed by atoms with E-state index >= 15 is 0 Å². The first kappa shape index (κ1) is 17.5. The third-order valence-electron chi connectivity index (χ3n) is 5.49. The maximum atomic E-state index is 12.9. The number of rotatable bonds is 3. The molecule has 0 radical (unpaired) electrons. The average molecular weight is 362 g/mol. The molecule has 2 aliphatic rings. The van der Waals surface area contributed by atoms with Gasteiger partial charge in [-0.2, -0.15) is 0 Å². The van der Waals surface area contributed by atoms with Crippen molar-refractivity contribution in [2.24, 2.45) is 0 Å². The van der Waals surface area contributed by atoms with E-state index in [0.29, 0.717) is 11.3 Å². The number of ketones is 1. The van der Waals surface area contributed by atoms with Crippen LogP contribution in [0.2, 0.25) is 0 Å². The Hall–Kier alpha value is -2.95. The number of pyridine rings is 1. The Morgan fingerprint density at radius 1 is 1.07 bits per heavy atom. The maximum Gasteiger partial charge on any atom is 0.295 e.